The molecule has 1 atom stereocenters. The number of hydrogen-bond acceptors (Lipinski definition) is 2. The second-order valence-electron chi connectivity index (χ2n) is 4.10. The second-order valence-corrected chi connectivity index (χ2v) is 4.10. The fourth-order valence-corrected chi connectivity index (χ4v) is 1.84. The van der Waals surface area contributed by atoms with Crippen molar-refractivity contribution in [2.75, 3.05) is 0 Å². The van der Waals surface area contributed by atoms with Crippen LogP contribution >= 0.6 is 0 Å². The van der Waals surface area contributed by atoms with E-state index in [1.54, 1.807) is 6.07 Å². The summed E-state index contributed by atoms with van der Waals surface area (Å²) in [6.45, 7) is 1.51. The van der Waals surface area contributed by atoms with E-state index in [9.17, 15) is 5.11 Å². The van der Waals surface area contributed by atoms with E-state index in [4.69, 9.17) is 5.26 Å². The molecule has 0 aliphatic rings. The monoisotopic (exact) mass is 223 g/mol. The number of nitriles is 1. The minimum atomic E-state index is -1.47. The van der Waals surface area contributed by atoms with Crippen LogP contribution in [0.25, 0.3) is 11.1 Å². The quantitative estimate of drug-likeness (QED) is 0.795. The van der Waals surface area contributed by atoms with Crippen LogP contribution in [-0.4, -0.2) is 5.11 Å². The van der Waals surface area contributed by atoms with E-state index in [-0.39, 0.29) is 0 Å². The summed E-state index contributed by atoms with van der Waals surface area (Å²) in [5.74, 6) is 0. The Morgan fingerprint density at radius 1 is 1.00 bits per heavy atom. The van der Waals surface area contributed by atoms with E-state index in [2.05, 4.69) is 0 Å². The van der Waals surface area contributed by atoms with Crippen molar-refractivity contribution in [1.29, 1.82) is 5.26 Å². The first-order chi connectivity index (χ1) is 8.15. The van der Waals surface area contributed by atoms with Gasteiger partial charge in [-0.3, -0.25) is 0 Å². The van der Waals surface area contributed by atoms with Gasteiger partial charge in [-0.2, -0.15) is 5.26 Å². The summed E-state index contributed by atoms with van der Waals surface area (Å²) in [5, 5.41) is 19.1. The van der Waals surface area contributed by atoms with E-state index < -0.39 is 5.60 Å². The Hall–Kier alpha value is -2.11. The number of rotatable bonds is 2. The molecule has 0 aliphatic carbocycles. The van der Waals surface area contributed by atoms with E-state index in [0.29, 0.717) is 5.56 Å². The molecule has 2 heteroatoms. The van der Waals surface area contributed by atoms with Crippen molar-refractivity contribution in [3.05, 3.63) is 60.2 Å². The zero-order valence-corrected chi connectivity index (χ0v) is 9.59. The summed E-state index contributed by atoms with van der Waals surface area (Å²) in [5.41, 5.74) is 1.05. The molecular formula is C15H13NO. The molecule has 0 amide bonds. The second kappa shape index (κ2) is 4.40. The highest BCUT2D eigenvalue weighted by Crippen LogP contribution is 2.31. The van der Waals surface area contributed by atoms with Crippen LogP contribution in [0.2, 0.25) is 0 Å². The molecule has 17 heavy (non-hydrogen) atoms. The van der Waals surface area contributed by atoms with Gasteiger partial charge in [0.25, 0.3) is 0 Å². The summed E-state index contributed by atoms with van der Waals surface area (Å²) >= 11 is 0. The van der Waals surface area contributed by atoms with Crippen LogP contribution in [0, 0.1) is 11.3 Å². The minimum absolute atomic E-state index is 0.633. The Labute approximate surface area is 101 Å². The minimum Gasteiger partial charge on any atom is -0.372 e. The average molecular weight is 223 g/mol. The van der Waals surface area contributed by atoms with Crippen LogP contribution in [0.15, 0.2) is 54.6 Å². The van der Waals surface area contributed by atoms with Gasteiger partial charge < -0.3 is 5.11 Å². The highest BCUT2D eigenvalue weighted by atomic mass is 16.3. The molecule has 0 spiro atoms. The lowest BCUT2D eigenvalue weighted by Gasteiger charge is -2.18. The van der Waals surface area contributed by atoms with Crippen molar-refractivity contribution in [3.8, 4) is 17.2 Å². The fourth-order valence-electron chi connectivity index (χ4n) is 1.84. The number of nitrogens with zero attached hydrogens (tertiary/aromatic N) is 1. The third-order valence-electron chi connectivity index (χ3n) is 2.75. The van der Waals surface area contributed by atoms with Crippen molar-refractivity contribution in [2.24, 2.45) is 0 Å². The third-order valence-corrected chi connectivity index (χ3v) is 2.75. The Morgan fingerprint density at radius 3 is 2.24 bits per heavy atom. The molecule has 2 aromatic carbocycles. The molecular weight excluding hydrogens is 210 g/mol. The summed E-state index contributed by atoms with van der Waals surface area (Å²) < 4.78 is 0. The summed E-state index contributed by atoms with van der Waals surface area (Å²) in [6.07, 6.45) is 0. The molecule has 1 N–H and O–H groups in total. The van der Waals surface area contributed by atoms with Crippen LogP contribution in [0.5, 0.6) is 0 Å². The smallest absolute Gasteiger partial charge is 0.174 e. The highest BCUT2D eigenvalue weighted by Gasteiger charge is 2.25. The van der Waals surface area contributed by atoms with Gasteiger partial charge in [-0.25, -0.2) is 0 Å². The molecule has 2 aromatic rings. The highest BCUT2D eigenvalue weighted by molar-refractivity contribution is 5.69. The molecule has 1 unspecified atom stereocenters. The summed E-state index contributed by atoms with van der Waals surface area (Å²) in [4.78, 5) is 0. The first-order valence-electron chi connectivity index (χ1n) is 5.44. The predicted molar refractivity (Wildman–Crippen MR) is 67.1 cm³/mol. The largest absolute Gasteiger partial charge is 0.372 e. The summed E-state index contributed by atoms with van der Waals surface area (Å²) in [6, 6.07) is 19.1. The maximum absolute atomic E-state index is 10.1. The predicted octanol–water partition coefficient (Wildman–Crippen LogP) is 3.08. The van der Waals surface area contributed by atoms with Gasteiger partial charge in [0.2, 0.25) is 0 Å². The van der Waals surface area contributed by atoms with Crippen molar-refractivity contribution in [3.63, 3.8) is 0 Å². The van der Waals surface area contributed by atoms with Gasteiger partial charge in [0.05, 0.1) is 0 Å². The van der Waals surface area contributed by atoms with Gasteiger partial charge in [0, 0.05) is 5.56 Å². The van der Waals surface area contributed by atoms with E-state index in [1.165, 1.54) is 6.92 Å². The van der Waals surface area contributed by atoms with Crippen LogP contribution < -0.4 is 0 Å². The normalized spacial score (nSPS) is 13.7. The molecule has 2 rings (SSSR count). The number of hydrogen-bond donors (Lipinski definition) is 1. The Morgan fingerprint density at radius 2 is 1.59 bits per heavy atom. The van der Waals surface area contributed by atoms with Crippen molar-refractivity contribution in [1.82, 2.24) is 0 Å². The number of aliphatic hydroxyl groups is 1. The van der Waals surface area contributed by atoms with Crippen LogP contribution in [0.4, 0.5) is 0 Å². The van der Waals surface area contributed by atoms with Crippen molar-refractivity contribution in [2.45, 2.75) is 12.5 Å². The van der Waals surface area contributed by atoms with E-state index in [0.717, 1.165) is 11.1 Å². The lowest BCUT2D eigenvalue weighted by Crippen LogP contribution is -2.19. The van der Waals surface area contributed by atoms with Crippen LogP contribution in [0.1, 0.15) is 12.5 Å². The maximum atomic E-state index is 10.1. The van der Waals surface area contributed by atoms with Gasteiger partial charge in [0.1, 0.15) is 6.07 Å². The lowest BCUT2D eigenvalue weighted by atomic mass is 9.89. The molecule has 0 fully saturated rings. The SMILES string of the molecule is CC(O)(C#N)c1ccccc1-c1ccccc1. The van der Waals surface area contributed by atoms with Crippen molar-refractivity contribution >= 4 is 0 Å². The topological polar surface area (TPSA) is 44.0 Å². The third kappa shape index (κ3) is 2.20. The van der Waals surface area contributed by atoms with Gasteiger partial charge >= 0.3 is 0 Å². The Balaban J connectivity index is 2.61. The molecule has 0 bridgehead atoms. The first-order valence-corrected chi connectivity index (χ1v) is 5.44. The lowest BCUT2D eigenvalue weighted by molar-refractivity contribution is 0.120. The van der Waals surface area contributed by atoms with Crippen molar-refractivity contribution < 1.29 is 5.11 Å². The molecule has 0 saturated heterocycles. The molecule has 0 saturated carbocycles. The number of benzene rings is 2. The fraction of sp³-hybridized carbons (Fsp3) is 0.133. The molecule has 0 radical (unpaired) electrons. The maximum Gasteiger partial charge on any atom is 0.174 e. The van der Waals surface area contributed by atoms with Gasteiger partial charge in [-0.05, 0) is 18.1 Å². The molecule has 0 heterocycles. The van der Waals surface area contributed by atoms with E-state index >= 15 is 0 Å². The Kier molecular flexibility index (Phi) is 2.95. The van der Waals surface area contributed by atoms with Gasteiger partial charge in [-0.1, -0.05) is 54.6 Å². The van der Waals surface area contributed by atoms with E-state index in [1.807, 2.05) is 54.6 Å². The van der Waals surface area contributed by atoms with Crippen LogP contribution in [0.3, 0.4) is 0 Å². The molecule has 84 valence electrons. The zero-order chi connectivity index (χ0) is 12.3. The first kappa shape index (κ1) is 11.4. The zero-order valence-electron chi connectivity index (χ0n) is 9.59. The van der Waals surface area contributed by atoms with Gasteiger partial charge in [0.15, 0.2) is 5.60 Å². The van der Waals surface area contributed by atoms with Gasteiger partial charge in [-0.15, -0.1) is 0 Å². The van der Waals surface area contributed by atoms with Crippen LogP contribution in [-0.2, 0) is 5.60 Å². The molecule has 2 nitrogen and oxygen atoms in total. The molecule has 0 aliphatic heterocycles. The molecule has 0 aromatic heterocycles. The Bertz CT molecular complexity index is 553. The average Bonchev–Trinajstić information content (AvgIpc) is 2.40. The summed E-state index contributed by atoms with van der Waals surface area (Å²) in [7, 11) is 0. The standard InChI is InChI=1S/C15H13NO/c1-15(17,11-16)14-10-6-5-9-13(14)12-7-3-2-4-8-12/h2-10,17H,1H3.